The van der Waals surface area contributed by atoms with E-state index in [0.29, 0.717) is 11.8 Å². The second kappa shape index (κ2) is 12.0. The molecule has 4 atom stereocenters. The van der Waals surface area contributed by atoms with Gasteiger partial charge in [-0.05, 0) is 111 Å². The van der Waals surface area contributed by atoms with Gasteiger partial charge in [-0.2, -0.15) is 0 Å². The van der Waals surface area contributed by atoms with Crippen molar-refractivity contribution >= 4 is 13.8 Å². The molecule has 0 bridgehead atoms. The molecule has 4 unspecified atom stereocenters. The Kier molecular flexibility index (Phi) is 9.10. The standard InChI is InChI=1S/C38H61NOSi/c1-10-12-21-38(22-13-11-2)34-25-30(40-7)19-20-31(34)33-24-28-23-27(3)36(32(28)26-35(33)38)41(8,9)39(37(4,5)6)29-17-15-14-16-18-29/h19-20,24-29,32,36H,10-18,21-23H2,1-9H3. The molecule has 0 heterocycles. The molecule has 3 heteroatoms. The van der Waals surface area contributed by atoms with Crippen molar-refractivity contribution in [2.24, 2.45) is 17.8 Å². The van der Waals surface area contributed by atoms with Crippen molar-refractivity contribution in [2.75, 3.05) is 7.11 Å². The number of fused-ring (bicyclic) bond motifs is 4. The molecule has 0 radical (unpaired) electrons. The molecule has 1 aromatic rings. The van der Waals surface area contributed by atoms with Crippen molar-refractivity contribution in [3.63, 3.8) is 0 Å². The number of rotatable bonds is 10. The van der Waals surface area contributed by atoms with Gasteiger partial charge in [0.15, 0.2) is 0 Å². The first-order chi connectivity index (χ1) is 19.5. The van der Waals surface area contributed by atoms with Crippen LogP contribution >= 0.6 is 0 Å². The van der Waals surface area contributed by atoms with Crippen molar-refractivity contribution in [1.82, 2.24) is 4.57 Å². The third-order valence-corrected chi connectivity index (χ3v) is 16.6. The van der Waals surface area contributed by atoms with Gasteiger partial charge >= 0.3 is 0 Å². The number of benzene rings is 1. The highest BCUT2D eigenvalue weighted by atomic mass is 28.3. The minimum Gasteiger partial charge on any atom is -0.497 e. The molecule has 0 aliphatic heterocycles. The summed E-state index contributed by atoms with van der Waals surface area (Å²) in [6.07, 6.45) is 21.8. The zero-order valence-electron chi connectivity index (χ0n) is 28.1. The maximum Gasteiger partial charge on any atom is 0.127 e. The molecule has 2 nitrogen and oxygen atoms in total. The number of hydrogen-bond donors (Lipinski definition) is 0. The van der Waals surface area contributed by atoms with Gasteiger partial charge in [-0.3, -0.25) is 0 Å². The molecule has 0 amide bonds. The SMILES string of the molecule is CCCCC1(CCCC)C2=CC3C(C=C2c2ccc(OC)cc21)CC(C)C3[Si](C)(C)N(C1CCCCC1)C(C)(C)C. The fourth-order valence-electron chi connectivity index (χ4n) is 10.6. The minimum atomic E-state index is -1.79. The maximum atomic E-state index is 5.82. The monoisotopic (exact) mass is 575 g/mol. The third-order valence-electron chi connectivity index (χ3n) is 11.8. The van der Waals surface area contributed by atoms with Gasteiger partial charge in [0.25, 0.3) is 0 Å². The quantitative estimate of drug-likeness (QED) is 0.257. The molecule has 41 heavy (non-hydrogen) atoms. The van der Waals surface area contributed by atoms with Gasteiger partial charge < -0.3 is 9.30 Å². The number of allylic oxidation sites excluding steroid dienone is 4. The lowest BCUT2D eigenvalue weighted by Gasteiger charge is -2.56. The van der Waals surface area contributed by atoms with E-state index < -0.39 is 8.24 Å². The van der Waals surface area contributed by atoms with Crippen LogP contribution in [0.25, 0.3) is 5.57 Å². The van der Waals surface area contributed by atoms with Crippen LogP contribution < -0.4 is 4.74 Å². The largest absolute Gasteiger partial charge is 0.497 e. The Morgan fingerprint density at radius 2 is 1.63 bits per heavy atom. The highest BCUT2D eigenvalue weighted by Crippen LogP contribution is 2.63. The normalized spacial score (nSPS) is 27.8. The van der Waals surface area contributed by atoms with Crippen LogP contribution in [0.1, 0.15) is 130 Å². The van der Waals surface area contributed by atoms with Gasteiger partial charge in [0.05, 0.1) is 7.11 Å². The zero-order valence-corrected chi connectivity index (χ0v) is 29.1. The van der Waals surface area contributed by atoms with Gasteiger partial charge in [-0.15, -0.1) is 0 Å². The number of unbranched alkanes of at least 4 members (excludes halogenated alkanes) is 2. The van der Waals surface area contributed by atoms with Crippen molar-refractivity contribution in [3.05, 3.63) is 47.1 Å². The molecule has 0 saturated heterocycles. The molecule has 0 spiro atoms. The van der Waals surface area contributed by atoms with Gasteiger partial charge in [0.1, 0.15) is 14.0 Å². The summed E-state index contributed by atoms with van der Waals surface area (Å²) in [4.78, 5) is 0. The van der Waals surface area contributed by atoms with Gasteiger partial charge in [0, 0.05) is 17.0 Å². The Morgan fingerprint density at radius 3 is 2.22 bits per heavy atom. The Bertz CT molecular complexity index is 1130. The van der Waals surface area contributed by atoms with Crippen molar-refractivity contribution < 1.29 is 4.74 Å². The second-order valence-electron chi connectivity index (χ2n) is 15.8. The summed E-state index contributed by atoms with van der Waals surface area (Å²) in [5.74, 6) is 3.16. The van der Waals surface area contributed by atoms with Gasteiger partial charge in [-0.25, -0.2) is 0 Å². The number of nitrogens with zero attached hydrogens (tertiary/aromatic N) is 1. The summed E-state index contributed by atoms with van der Waals surface area (Å²) in [5, 5.41) is 0. The summed E-state index contributed by atoms with van der Waals surface area (Å²) in [6.45, 7) is 20.4. The Labute approximate surface area is 254 Å². The molecule has 5 rings (SSSR count). The molecular formula is C38H61NOSi. The fourth-order valence-corrected chi connectivity index (χ4v) is 16.7. The van der Waals surface area contributed by atoms with E-state index in [1.807, 2.05) is 7.11 Å². The third kappa shape index (κ3) is 5.45. The Hall–Kier alpha value is -1.32. The van der Waals surface area contributed by atoms with Crippen molar-refractivity contribution in [1.29, 1.82) is 0 Å². The van der Waals surface area contributed by atoms with Crippen LogP contribution in [-0.4, -0.2) is 31.5 Å². The average Bonchev–Trinajstić information content (AvgIpc) is 3.40. The Balaban J connectivity index is 1.62. The van der Waals surface area contributed by atoms with Crippen molar-refractivity contribution in [2.45, 2.75) is 154 Å². The number of methoxy groups -OCH3 is 1. The molecule has 0 aromatic heterocycles. The molecule has 228 valence electrons. The first-order valence-corrected chi connectivity index (χ1v) is 20.4. The Morgan fingerprint density at radius 1 is 0.976 bits per heavy atom. The lowest BCUT2D eigenvalue weighted by molar-refractivity contribution is 0.139. The summed E-state index contributed by atoms with van der Waals surface area (Å²) in [5.41, 5.74) is 7.53. The average molecular weight is 576 g/mol. The molecule has 0 N–H and O–H groups in total. The van der Waals surface area contributed by atoms with E-state index in [9.17, 15) is 0 Å². The molecule has 1 aromatic carbocycles. The van der Waals surface area contributed by atoms with Crippen LogP contribution in [0.4, 0.5) is 0 Å². The van der Waals surface area contributed by atoms with Crippen LogP contribution in [-0.2, 0) is 5.41 Å². The second-order valence-corrected chi connectivity index (χ2v) is 20.3. The van der Waals surface area contributed by atoms with Gasteiger partial charge in [0.2, 0.25) is 0 Å². The first-order valence-electron chi connectivity index (χ1n) is 17.4. The van der Waals surface area contributed by atoms with Crippen LogP contribution in [0.5, 0.6) is 5.75 Å². The predicted molar refractivity (Wildman–Crippen MR) is 180 cm³/mol. The van der Waals surface area contributed by atoms with Crippen LogP contribution in [0, 0.1) is 17.8 Å². The highest BCUT2D eigenvalue weighted by molar-refractivity contribution is 6.76. The fraction of sp³-hybridized carbons (Fsp3) is 0.737. The van der Waals surface area contributed by atoms with Crippen LogP contribution in [0.2, 0.25) is 18.6 Å². The van der Waals surface area contributed by atoms with E-state index in [1.54, 1.807) is 16.7 Å². The lowest BCUT2D eigenvalue weighted by Crippen LogP contribution is -2.65. The minimum absolute atomic E-state index is 0.141. The van der Waals surface area contributed by atoms with E-state index in [2.05, 4.69) is 89.6 Å². The number of hydrogen-bond acceptors (Lipinski definition) is 2. The van der Waals surface area contributed by atoms with E-state index in [0.717, 1.165) is 23.3 Å². The lowest BCUT2D eigenvalue weighted by atomic mass is 9.68. The zero-order chi connectivity index (χ0) is 29.6. The molecule has 2 saturated carbocycles. The van der Waals surface area contributed by atoms with Crippen LogP contribution in [0.15, 0.2) is 35.9 Å². The van der Waals surface area contributed by atoms with E-state index in [4.69, 9.17) is 4.74 Å². The smallest absolute Gasteiger partial charge is 0.127 e. The van der Waals surface area contributed by atoms with Gasteiger partial charge in [-0.1, -0.05) is 97.0 Å². The van der Waals surface area contributed by atoms with E-state index in [-0.39, 0.29) is 11.0 Å². The topological polar surface area (TPSA) is 12.5 Å². The van der Waals surface area contributed by atoms with E-state index in [1.165, 1.54) is 82.6 Å². The molecular weight excluding hydrogens is 515 g/mol. The maximum absolute atomic E-state index is 5.82. The highest BCUT2D eigenvalue weighted by Gasteiger charge is 2.56. The summed E-state index contributed by atoms with van der Waals surface area (Å²) in [7, 11) is 0.0418. The van der Waals surface area contributed by atoms with Crippen LogP contribution in [0.3, 0.4) is 0 Å². The van der Waals surface area contributed by atoms with Crippen molar-refractivity contribution in [3.8, 4) is 5.75 Å². The van der Waals surface area contributed by atoms with E-state index >= 15 is 0 Å². The molecule has 4 aliphatic rings. The molecule has 2 fully saturated rings. The number of ether oxygens (including phenoxy) is 1. The molecule has 4 aliphatic carbocycles. The summed E-state index contributed by atoms with van der Waals surface area (Å²) in [6, 6.07) is 7.79. The summed E-state index contributed by atoms with van der Waals surface area (Å²) >= 11 is 0. The predicted octanol–water partition coefficient (Wildman–Crippen LogP) is 10.9. The summed E-state index contributed by atoms with van der Waals surface area (Å²) < 4.78 is 8.97. The first kappa shape index (κ1) is 31.1.